The molecule has 0 bridgehead atoms. The second kappa shape index (κ2) is 5.31. The van der Waals surface area contributed by atoms with Crippen molar-refractivity contribution < 1.29 is 9.53 Å². The van der Waals surface area contributed by atoms with E-state index >= 15 is 0 Å². The zero-order valence-electron chi connectivity index (χ0n) is 10.7. The minimum absolute atomic E-state index is 0.106. The number of nitrogens with two attached hydrogens (primary N) is 1. The van der Waals surface area contributed by atoms with E-state index in [4.69, 9.17) is 10.5 Å². The van der Waals surface area contributed by atoms with Crippen LogP contribution >= 0.6 is 0 Å². The molecule has 0 heterocycles. The Hall–Kier alpha value is -0.830. The minimum atomic E-state index is -0.264. The summed E-state index contributed by atoms with van der Waals surface area (Å²) in [6.45, 7) is 12.0. The van der Waals surface area contributed by atoms with Crippen LogP contribution < -0.4 is 5.73 Å². The number of carbonyl (C=O) groups excluding carboxylic acids is 1. The smallest absolute Gasteiger partial charge is 0.333 e. The Balaban J connectivity index is 5.20. The number of hydrogen-bond donors (Lipinski definition) is 1. The van der Waals surface area contributed by atoms with Crippen LogP contribution in [0.5, 0.6) is 0 Å². The van der Waals surface area contributed by atoms with E-state index in [-0.39, 0.29) is 17.4 Å². The van der Waals surface area contributed by atoms with E-state index in [1.165, 1.54) is 0 Å². The Labute approximate surface area is 92.7 Å². The van der Waals surface area contributed by atoms with E-state index in [0.717, 1.165) is 5.57 Å². The van der Waals surface area contributed by atoms with Crippen molar-refractivity contribution in [1.29, 1.82) is 0 Å². The van der Waals surface area contributed by atoms with E-state index in [1.807, 2.05) is 6.92 Å². The lowest BCUT2D eigenvalue weighted by atomic mass is 9.80. The van der Waals surface area contributed by atoms with Crippen LogP contribution in [-0.2, 0) is 9.53 Å². The molecule has 0 aromatic heterocycles. The SMILES string of the molecule is CCOC(=O)C(C)=C(C(C)N)C(C)(C)C. The van der Waals surface area contributed by atoms with Crippen molar-refractivity contribution in [2.75, 3.05) is 6.61 Å². The Morgan fingerprint density at radius 1 is 1.40 bits per heavy atom. The van der Waals surface area contributed by atoms with Gasteiger partial charge in [-0.3, -0.25) is 0 Å². The van der Waals surface area contributed by atoms with Gasteiger partial charge in [-0.15, -0.1) is 0 Å². The molecule has 1 atom stereocenters. The van der Waals surface area contributed by atoms with Crippen LogP contribution in [0.4, 0.5) is 0 Å². The molecular weight excluding hydrogens is 190 g/mol. The molecule has 0 fully saturated rings. The van der Waals surface area contributed by atoms with Gasteiger partial charge in [0.1, 0.15) is 0 Å². The van der Waals surface area contributed by atoms with Gasteiger partial charge < -0.3 is 10.5 Å². The fraction of sp³-hybridized carbons (Fsp3) is 0.750. The van der Waals surface area contributed by atoms with Gasteiger partial charge in [0.2, 0.25) is 0 Å². The average Bonchev–Trinajstić information content (AvgIpc) is 2.00. The van der Waals surface area contributed by atoms with Gasteiger partial charge in [-0.25, -0.2) is 4.79 Å². The first-order valence-electron chi connectivity index (χ1n) is 5.35. The van der Waals surface area contributed by atoms with Gasteiger partial charge in [0.25, 0.3) is 0 Å². The first-order valence-corrected chi connectivity index (χ1v) is 5.35. The molecule has 0 aliphatic carbocycles. The summed E-state index contributed by atoms with van der Waals surface area (Å²) in [7, 11) is 0. The van der Waals surface area contributed by atoms with Gasteiger partial charge >= 0.3 is 5.97 Å². The fourth-order valence-electron chi connectivity index (χ4n) is 1.94. The van der Waals surface area contributed by atoms with Crippen molar-refractivity contribution in [3.05, 3.63) is 11.1 Å². The summed E-state index contributed by atoms with van der Waals surface area (Å²) in [5.74, 6) is -0.264. The third-order valence-corrected chi connectivity index (χ3v) is 2.25. The first-order chi connectivity index (χ1) is 6.71. The number of rotatable bonds is 3. The molecular formula is C12H23NO2. The fourth-order valence-corrected chi connectivity index (χ4v) is 1.94. The molecule has 0 aromatic rings. The largest absolute Gasteiger partial charge is 0.463 e. The molecule has 2 N–H and O–H groups in total. The second-order valence-electron chi connectivity index (χ2n) is 4.80. The van der Waals surface area contributed by atoms with E-state index in [2.05, 4.69) is 20.8 Å². The van der Waals surface area contributed by atoms with Crippen LogP contribution in [0.25, 0.3) is 0 Å². The van der Waals surface area contributed by atoms with E-state index in [0.29, 0.717) is 12.2 Å². The van der Waals surface area contributed by atoms with Crippen LogP contribution in [0.2, 0.25) is 0 Å². The standard InChI is InChI=1S/C12H23NO2/c1-7-15-11(14)8(2)10(9(3)13)12(4,5)6/h9H,7,13H2,1-6H3. The van der Waals surface area contributed by atoms with Crippen LogP contribution in [-0.4, -0.2) is 18.6 Å². The summed E-state index contributed by atoms with van der Waals surface area (Å²) < 4.78 is 4.98. The Kier molecular flexibility index (Phi) is 5.01. The van der Waals surface area contributed by atoms with Gasteiger partial charge in [-0.2, -0.15) is 0 Å². The van der Waals surface area contributed by atoms with Gasteiger partial charge in [0.05, 0.1) is 6.61 Å². The molecule has 0 saturated heterocycles. The maximum atomic E-state index is 11.6. The third-order valence-electron chi connectivity index (χ3n) is 2.25. The van der Waals surface area contributed by atoms with Crippen molar-refractivity contribution in [1.82, 2.24) is 0 Å². The number of hydrogen-bond acceptors (Lipinski definition) is 3. The molecule has 1 unspecified atom stereocenters. The molecule has 88 valence electrons. The molecule has 0 saturated carbocycles. The number of carbonyl (C=O) groups is 1. The monoisotopic (exact) mass is 213 g/mol. The number of esters is 1. The molecule has 0 amide bonds. The van der Waals surface area contributed by atoms with Gasteiger partial charge in [0.15, 0.2) is 0 Å². The van der Waals surface area contributed by atoms with E-state index in [1.54, 1.807) is 13.8 Å². The van der Waals surface area contributed by atoms with Crippen molar-refractivity contribution in [2.24, 2.45) is 11.1 Å². The van der Waals surface area contributed by atoms with Crippen LogP contribution in [0.3, 0.4) is 0 Å². The molecule has 0 radical (unpaired) electrons. The predicted molar refractivity (Wildman–Crippen MR) is 62.4 cm³/mol. The van der Waals surface area contributed by atoms with Gasteiger partial charge in [-0.1, -0.05) is 20.8 Å². The number of ether oxygens (including phenoxy) is 1. The predicted octanol–water partition coefficient (Wildman–Crippen LogP) is 2.26. The third kappa shape index (κ3) is 4.04. The lowest BCUT2D eigenvalue weighted by Gasteiger charge is -2.28. The van der Waals surface area contributed by atoms with Gasteiger partial charge in [-0.05, 0) is 31.8 Å². The zero-order valence-corrected chi connectivity index (χ0v) is 10.7. The summed E-state index contributed by atoms with van der Waals surface area (Å²) in [6, 6.07) is -0.130. The Morgan fingerprint density at radius 2 is 1.87 bits per heavy atom. The summed E-state index contributed by atoms with van der Waals surface area (Å²) >= 11 is 0. The molecule has 3 nitrogen and oxygen atoms in total. The molecule has 0 aromatic carbocycles. The lowest BCUT2D eigenvalue weighted by Crippen LogP contribution is -2.30. The molecule has 0 rings (SSSR count). The molecule has 0 spiro atoms. The van der Waals surface area contributed by atoms with Crippen LogP contribution in [0.15, 0.2) is 11.1 Å². The quantitative estimate of drug-likeness (QED) is 0.578. The normalized spacial score (nSPS) is 15.7. The highest BCUT2D eigenvalue weighted by atomic mass is 16.5. The maximum Gasteiger partial charge on any atom is 0.333 e. The Morgan fingerprint density at radius 3 is 2.13 bits per heavy atom. The zero-order chi connectivity index (χ0) is 12.2. The van der Waals surface area contributed by atoms with Crippen molar-refractivity contribution in [3.63, 3.8) is 0 Å². The van der Waals surface area contributed by atoms with Gasteiger partial charge in [0, 0.05) is 11.6 Å². The van der Waals surface area contributed by atoms with E-state index < -0.39 is 0 Å². The Bertz CT molecular complexity index is 259. The van der Waals surface area contributed by atoms with Crippen LogP contribution in [0.1, 0.15) is 41.5 Å². The maximum absolute atomic E-state index is 11.6. The van der Waals surface area contributed by atoms with Crippen molar-refractivity contribution in [2.45, 2.75) is 47.6 Å². The molecule has 3 heteroatoms. The second-order valence-corrected chi connectivity index (χ2v) is 4.80. The molecule has 15 heavy (non-hydrogen) atoms. The highest BCUT2D eigenvalue weighted by molar-refractivity contribution is 5.89. The first kappa shape index (κ1) is 14.2. The molecule has 0 aliphatic rings. The lowest BCUT2D eigenvalue weighted by molar-refractivity contribution is -0.138. The summed E-state index contributed by atoms with van der Waals surface area (Å²) in [5.41, 5.74) is 7.38. The van der Waals surface area contributed by atoms with Crippen molar-refractivity contribution >= 4 is 5.97 Å². The minimum Gasteiger partial charge on any atom is -0.463 e. The topological polar surface area (TPSA) is 52.3 Å². The van der Waals surface area contributed by atoms with Crippen LogP contribution in [0, 0.1) is 5.41 Å². The summed E-state index contributed by atoms with van der Waals surface area (Å²) in [6.07, 6.45) is 0. The highest BCUT2D eigenvalue weighted by Gasteiger charge is 2.25. The molecule has 0 aliphatic heterocycles. The summed E-state index contributed by atoms with van der Waals surface area (Å²) in [5, 5.41) is 0. The highest BCUT2D eigenvalue weighted by Crippen LogP contribution is 2.30. The van der Waals surface area contributed by atoms with Crippen molar-refractivity contribution in [3.8, 4) is 0 Å². The average molecular weight is 213 g/mol. The summed E-state index contributed by atoms with van der Waals surface area (Å²) in [4.78, 5) is 11.6. The van der Waals surface area contributed by atoms with E-state index in [9.17, 15) is 4.79 Å².